The number of rotatable bonds is 7. The average molecular weight is 681 g/mol. The third-order valence-corrected chi connectivity index (χ3v) is 10.1. The number of morpholine rings is 1. The minimum atomic E-state index is -0.622. The molecule has 0 unspecified atom stereocenters. The minimum Gasteiger partial charge on any atom is -0.444 e. The van der Waals surface area contributed by atoms with Crippen molar-refractivity contribution < 1.29 is 27.8 Å². The molecule has 49 heavy (non-hydrogen) atoms. The van der Waals surface area contributed by atoms with Crippen LogP contribution in [0.3, 0.4) is 0 Å². The van der Waals surface area contributed by atoms with Crippen molar-refractivity contribution >= 4 is 17.5 Å². The maximum Gasteiger partial charge on any atom is 0.410 e. The summed E-state index contributed by atoms with van der Waals surface area (Å²) in [5.41, 5.74) is 2.00. The van der Waals surface area contributed by atoms with Crippen LogP contribution in [-0.2, 0) is 9.47 Å². The van der Waals surface area contributed by atoms with Crippen LogP contribution >= 0.6 is 0 Å². The number of carbonyl (C=O) groups excluding carboxylic acids is 2. The zero-order chi connectivity index (χ0) is 35.2. The third kappa shape index (κ3) is 7.46. The molecule has 0 N–H and O–H groups in total. The lowest BCUT2D eigenvalue weighted by Gasteiger charge is -2.48. The van der Waals surface area contributed by atoms with Gasteiger partial charge in [-0.2, -0.15) is 4.39 Å². The topological polar surface area (TPSA) is 82.9 Å². The quantitative estimate of drug-likeness (QED) is 0.330. The summed E-state index contributed by atoms with van der Waals surface area (Å²) in [6.07, 6.45) is 1.71. The molecule has 2 atom stereocenters. The number of fused-ring (bicyclic) bond motifs is 1. The number of hydrogen-bond donors (Lipinski definition) is 0. The lowest BCUT2D eigenvalue weighted by molar-refractivity contribution is 0.00334. The van der Waals surface area contributed by atoms with Gasteiger partial charge in [0.05, 0.1) is 24.8 Å². The van der Waals surface area contributed by atoms with Crippen LogP contribution in [0.2, 0.25) is 0 Å². The van der Waals surface area contributed by atoms with E-state index < -0.39 is 17.4 Å². The van der Waals surface area contributed by atoms with E-state index in [9.17, 15) is 14.0 Å². The highest BCUT2D eigenvalue weighted by atomic mass is 19.1. The predicted molar refractivity (Wildman–Crippen MR) is 184 cm³/mol. The molecule has 2 aromatic heterocycles. The SMILES string of the molecule is Cc1nc(F)c2c(-c3ccc(F)cc3C(=O)N3CCOC[C@H]3C)cc(C3CN([C@H](CN4CCN(C(=O)OC(C)(C)C)CC4)C(C)C)C3)cn12. The van der Waals surface area contributed by atoms with Crippen LogP contribution in [0.15, 0.2) is 30.5 Å². The van der Waals surface area contributed by atoms with E-state index in [2.05, 4.69) is 28.6 Å². The number of pyridine rings is 1. The maximum atomic E-state index is 15.5. The number of ether oxygens (including phenoxy) is 2. The van der Waals surface area contributed by atoms with Gasteiger partial charge >= 0.3 is 6.09 Å². The molecule has 3 saturated heterocycles. The van der Waals surface area contributed by atoms with Crippen molar-refractivity contribution in [3.8, 4) is 11.1 Å². The van der Waals surface area contributed by atoms with Gasteiger partial charge in [0.1, 0.15) is 22.8 Å². The highest BCUT2D eigenvalue weighted by Gasteiger charge is 2.37. The van der Waals surface area contributed by atoms with E-state index in [4.69, 9.17) is 9.47 Å². The number of benzene rings is 1. The Labute approximate surface area is 287 Å². The lowest BCUT2D eigenvalue weighted by Crippen LogP contribution is -2.58. The van der Waals surface area contributed by atoms with Gasteiger partial charge in [-0.05, 0) is 69.9 Å². The molecule has 0 bridgehead atoms. The largest absolute Gasteiger partial charge is 0.444 e. The van der Waals surface area contributed by atoms with E-state index >= 15 is 4.39 Å². The van der Waals surface area contributed by atoms with Crippen LogP contribution in [0.4, 0.5) is 13.6 Å². The monoisotopic (exact) mass is 680 g/mol. The molecule has 266 valence electrons. The Morgan fingerprint density at radius 1 is 1.04 bits per heavy atom. The van der Waals surface area contributed by atoms with Crippen molar-refractivity contribution in [2.45, 2.75) is 72.1 Å². The van der Waals surface area contributed by atoms with Gasteiger partial charge in [0, 0.05) is 76.1 Å². The van der Waals surface area contributed by atoms with E-state index in [0.29, 0.717) is 61.8 Å². The summed E-state index contributed by atoms with van der Waals surface area (Å²) >= 11 is 0. The standard InChI is InChI=1S/C37H50F2N6O4/c1-23(2)32(21-41-10-12-42(13-11-41)36(47)49-37(5,6)7)43-18-27(19-43)26-16-30(33-34(39)40-25(4)45(33)20-26)29-9-8-28(38)17-31(29)35(46)44-14-15-48-22-24(44)3/h8-9,16-17,20,23-24,27,32H,10-15,18-19,21-22H2,1-7H3/t24-,32-/m1/s1. The number of carbonyl (C=O) groups is 2. The van der Waals surface area contributed by atoms with Gasteiger partial charge in [0.15, 0.2) is 0 Å². The number of amides is 2. The summed E-state index contributed by atoms with van der Waals surface area (Å²) in [4.78, 5) is 39.0. The summed E-state index contributed by atoms with van der Waals surface area (Å²) in [5.74, 6) is -0.323. The van der Waals surface area contributed by atoms with E-state index in [1.807, 2.05) is 40.0 Å². The minimum absolute atomic E-state index is 0.165. The summed E-state index contributed by atoms with van der Waals surface area (Å²) < 4.78 is 43.0. The first-order valence-corrected chi connectivity index (χ1v) is 17.5. The molecule has 5 heterocycles. The Hall–Kier alpha value is -3.61. The van der Waals surface area contributed by atoms with Crippen molar-refractivity contribution in [2.75, 3.05) is 65.6 Å². The van der Waals surface area contributed by atoms with Gasteiger partial charge in [-0.3, -0.25) is 14.6 Å². The van der Waals surface area contributed by atoms with Gasteiger partial charge in [0.2, 0.25) is 5.95 Å². The Morgan fingerprint density at radius 2 is 1.76 bits per heavy atom. The lowest BCUT2D eigenvalue weighted by atomic mass is 9.86. The molecule has 0 aliphatic carbocycles. The predicted octanol–water partition coefficient (Wildman–Crippen LogP) is 5.43. The maximum absolute atomic E-state index is 15.5. The molecule has 3 fully saturated rings. The first-order chi connectivity index (χ1) is 23.2. The normalized spacial score (nSPS) is 20.6. The molecule has 6 rings (SSSR count). The molecule has 3 aliphatic heterocycles. The number of halogens is 2. The summed E-state index contributed by atoms with van der Waals surface area (Å²) in [7, 11) is 0. The fourth-order valence-electron chi connectivity index (χ4n) is 7.32. The van der Waals surface area contributed by atoms with Crippen LogP contribution in [0.25, 0.3) is 16.6 Å². The molecule has 1 aromatic carbocycles. The van der Waals surface area contributed by atoms with E-state index in [1.54, 1.807) is 27.2 Å². The van der Waals surface area contributed by atoms with Gasteiger partial charge in [0.25, 0.3) is 5.91 Å². The Morgan fingerprint density at radius 3 is 2.41 bits per heavy atom. The molecule has 10 nitrogen and oxygen atoms in total. The number of aryl methyl sites for hydroxylation is 1. The number of piperazine rings is 1. The second-order valence-electron chi connectivity index (χ2n) is 15.2. The third-order valence-electron chi connectivity index (χ3n) is 10.1. The van der Waals surface area contributed by atoms with Crippen LogP contribution in [-0.4, -0.2) is 124 Å². The zero-order valence-corrected chi connectivity index (χ0v) is 29.8. The highest BCUT2D eigenvalue weighted by molar-refractivity contribution is 6.03. The number of aromatic nitrogens is 2. The Kier molecular flexibility index (Phi) is 10.0. The van der Waals surface area contributed by atoms with E-state index in [-0.39, 0.29) is 35.0 Å². The Balaban J connectivity index is 1.21. The smallest absolute Gasteiger partial charge is 0.410 e. The number of hydrogen-bond acceptors (Lipinski definition) is 7. The fourth-order valence-corrected chi connectivity index (χ4v) is 7.32. The first-order valence-electron chi connectivity index (χ1n) is 17.5. The van der Waals surface area contributed by atoms with Crippen molar-refractivity contribution in [2.24, 2.45) is 5.92 Å². The molecular formula is C37H50F2N6O4. The molecule has 0 saturated carbocycles. The van der Waals surface area contributed by atoms with Crippen LogP contribution in [0.5, 0.6) is 0 Å². The number of likely N-dealkylation sites (tertiary alicyclic amines) is 1. The second kappa shape index (κ2) is 14.0. The molecule has 12 heteroatoms. The van der Waals surface area contributed by atoms with Gasteiger partial charge < -0.3 is 23.7 Å². The summed E-state index contributed by atoms with van der Waals surface area (Å²) in [6.45, 7) is 20.5. The van der Waals surface area contributed by atoms with Crippen molar-refractivity contribution in [3.05, 3.63) is 59.2 Å². The van der Waals surface area contributed by atoms with Crippen LogP contribution < -0.4 is 0 Å². The summed E-state index contributed by atoms with van der Waals surface area (Å²) in [6, 6.07) is 6.30. The molecule has 3 aromatic rings. The number of imidazole rings is 1. The van der Waals surface area contributed by atoms with E-state index in [1.165, 1.54) is 12.1 Å². The molecule has 3 aliphatic rings. The van der Waals surface area contributed by atoms with E-state index in [0.717, 1.165) is 38.3 Å². The molecule has 0 spiro atoms. The molecule has 2 amide bonds. The first kappa shape index (κ1) is 35.2. The molecular weight excluding hydrogens is 630 g/mol. The van der Waals surface area contributed by atoms with Crippen molar-refractivity contribution in [1.82, 2.24) is 29.0 Å². The summed E-state index contributed by atoms with van der Waals surface area (Å²) in [5, 5.41) is 0. The average Bonchev–Trinajstić information content (AvgIpc) is 3.31. The van der Waals surface area contributed by atoms with Crippen molar-refractivity contribution in [1.29, 1.82) is 0 Å². The fraction of sp³-hybridized carbons (Fsp3) is 0.595. The van der Waals surface area contributed by atoms with Gasteiger partial charge in [-0.15, -0.1) is 0 Å². The molecule has 0 radical (unpaired) electrons. The van der Waals surface area contributed by atoms with Crippen LogP contribution in [0, 0.1) is 24.6 Å². The van der Waals surface area contributed by atoms with Crippen LogP contribution in [0.1, 0.15) is 69.2 Å². The van der Waals surface area contributed by atoms with Gasteiger partial charge in [-0.25, -0.2) is 14.2 Å². The highest BCUT2D eigenvalue weighted by Crippen LogP contribution is 2.38. The Bertz CT molecular complexity index is 1690. The van der Waals surface area contributed by atoms with Gasteiger partial charge in [-0.1, -0.05) is 19.9 Å². The number of nitrogens with zero attached hydrogens (tertiary/aromatic N) is 6. The zero-order valence-electron chi connectivity index (χ0n) is 29.8. The second-order valence-corrected chi connectivity index (χ2v) is 15.2. The van der Waals surface area contributed by atoms with Crippen molar-refractivity contribution in [3.63, 3.8) is 0 Å².